The van der Waals surface area contributed by atoms with Gasteiger partial charge in [0, 0.05) is 44.4 Å². The molecule has 0 saturated heterocycles. The molecule has 5 rings (SSSR count). The lowest BCUT2D eigenvalue weighted by atomic mass is 10.2. The first-order valence-corrected chi connectivity index (χ1v) is 12.7. The number of aromatic nitrogens is 4. The summed E-state index contributed by atoms with van der Waals surface area (Å²) in [5.41, 5.74) is 2.35. The van der Waals surface area contributed by atoms with E-state index in [1.54, 1.807) is 36.0 Å². The summed E-state index contributed by atoms with van der Waals surface area (Å²) in [4.78, 5) is 28.7. The molecule has 0 aliphatic carbocycles. The molecule has 3 aromatic heterocycles. The van der Waals surface area contributed by atoms with Crippen LogP contribution in [0.1, 0.15) is 21.1 Å². The summed E-state index contributed by atoms with van der Waals surface area (Å²) in [6.07, 6.45) is 0.692. The highest BCUT2D eigenvalue weighted by Gasteiger charge is 2.23. The smallest absolute Gasteiger partial charge is 0.407 e. The third-order valence-corrected chi connectivity index (χ3v) is 6.65. The van der Waals surface area contributed by atoms with Crippen LogP contribution in [-0.4, -0.2) is 55.1 Å². The Hall–Kier alpha value is -4.77. The number of carbonyl (C=O) groups is 2. The van der Waals surface area contributed by atoms with E-state index < -0.39 is 6.09 Å². The number of anilines is 1. The number of carbonyl (C=O) groups excluding carboxylic acids is 1. The highest BCUT2D eigenvalue weighted by Crippen LogP contribution is 2.23. The fourth-order valence-electron chi connectivity index (χ4n) is 3.92. The van der Waals surface area contributed by atoms with Crippen LogP contribution in [0.2, 0.25) is 0 Å². The average molecular weight is 529 g/mol. The average Bonchev–Trinajstić information content (AvgIpc) is 3.71. The number of benzene rings is 2. The van der Waals surface area contributed by atoms with Crippen molar-refractivity contribution >= 4 is 29.2 Å². The van der Waals surface area contributed by atoms with Crippen molar-refractivity contribution in [3.63, 3.8) is 0 Å². The van der Waals surface area contributed by atoms with Gasteiger partial charge in [-0.05, 0) is 35.2 Å². The normalized spacial score (nSPS) is 10.9. The second-order valence-corrected chi connectivity index (χ2v) is 9.37. The molecule has 0 saturated carbocycles. The number of hydrogen-bond acceptors (Lipinski definition) is 7. The molecule has 3 heterocycles. The monoisotopic (exact) mass is 528 g/mol. The van der Waals surface area contributed by atoms with Gasteiger partial charge in [-0.2, -0.15) is 0 Å². The van der Waals surface area contributed by atoms with Gasteiger partial charge in [0.25, 0.3) is 5.91 Å². The molecule has 5 aromatic rings. The second-order valence-electron chi connectivity index (χ2n) is 8.42. The fourth-order valence-corrected chi connectivity index (χ4v) is 4.59. The molecule has 0 bridgehead atoms. The number of nitrogens with zero attached hydrogens (tertiary/aromatic N) is 6. The lowest BCUT2D eigenvalue weighted by molar-refractivity contribution is 0.0982. The topological polar surface area (TPSA) is 118 Å². The van der Waals surface area contributed by atoms with Crippen LogP contribution >= 0.6 is 11.3 Å². The molecule has 0 fully saturated rings. The van der Waals surface area contributed by atoms with Gasteiger partial charge in [0.05, 0.1) is 10.6 Å². The summed E-state index contributed by atoms with van der Waals surface area (Å²) in [6, 6.07) is 22.1. The van der Waals surface area contributed by atoms with Gasteiger partial charge in [0.15, 0.2) is 5.82 Å². The molecule has 11 heteroatoms. The van der Waals surface area contributed by atoms with Crippen LogP contribution < -0.4 is 4.90 Å². The van der Waals surface area contributed by atoms with E-state index in [2.05, 4.69) is 15.3 Å². The van der Waals surface area contributed by atoms with Gasteiger partial charge in [0.1, 0.15) is 0 Å². The van der Waals surface area contributed by atoms with Crippen molar-refractivity contribution in [2.45, 2.75) is 13.5 Å². The highest BCUT2D eigenvalue weighted by molar-refractivity contribution is 7.12. The van der Waals surface area contributed by atoms with Crippen LogP contribution in [0.15, 0.2) is 88.8 Å². The van der Waals surface area contributed by atoms with Crippen molar-refractivity contribution in [1.82, 2.24) is 24.9 Å². The maximum absolute atomic E-state index is 13.4. The molecule has 2 amide bonds. The molecule has 10 nitrogen and oxygen atoms in total. The molecule has 0 spiro atoms. The zero-order valence-electron chi connectivity index (χ0n) is 20.5. The molecule has 192 valence electrons. The molecular formula is C27H24N6O4S. The molecule has 1 N–H and O–H groups in total. The molecule has 0 aliphatic heterocycles. The molecule has 38 heavy (non-hydrogen) atoms. The van der Waals surface area contributed by atoms with E-state index in [9.17, 15) is 14.7 Å². The molecule has 2 aromatic carbocycles. The van der Waals surface area contributed by atoms with Gasteiger partial charge in [-0.25, -0.2) is 9.48 Å². The Kier molecular flexibility index (Phi) is 7.27. The van der Waals surface area contributed by atoms with Gasteiger partial charge in [-0.1, -0.05) is 42.5 Å². The summed E-state index contributed by atoms with van der Waals surface area (Å²) in [5.74, 6) is 1.04. The van der Waals surface area contributed by atoms with Crippen molar-refractivity contribution in [3.8, 4) is 17.1 Å². The van der Waals surface area contributed by atoms with E-state index in [0.717, 1.165) is 16.8 Å². The van der Waals surface area contributed by atoms with Crippen LogP contribution in [0.25, 0.3) is 17.1 Å². The third kappa shape index (κ3) is 5.62. The van der Waals surface area contributed by atoms with Gasteiger partial charge >= 0.3 is 6.09 Å². The largest absolute Gasteiger partial charge is 0.465 e. The minimum Gasteiger partial charge on any atom is -0.465 e. The zero-order valence-corrected chi connectivity index (χ0v) is 21.3. The van der Waals surface area contributed by atoms with E-state index >= 15 is 0 Å². The molecule has 0 atom stereocenters. The number of thiophene rings is 1. The number of rotatable bonds is 9. The van der Waals surface area contributed by atoms with Crippen molar-refractivity contribution in [2.24, 2.45) is 0 Å². The van der Waals surface area contributed by atoms with Gasteiger partial charge in [-0.3, -0.25) is 9.69 Å². The van der Waals surface area contributed by atoms with Gasteiger partial charge in [0.2, 0.25) is 11.8 Å². The van der Waals surface area contributed by atoms with E-state index in [1.807, 2.05) is 60.0 Å². The second kappa shape index (κ2) is 11.1. The maximum atomic E-state index is 13.4. The SMILES string of the molecule is Cc1nnc(-c2cccc(-n3ccc(N(CCN(Cc4ccccc4)C(=O)O)C(=O)c4cccs4)n3)c2)o1. The third-order valence-electron chi connectivity index (χ3n) is 5.79. The van der Waals surface area contributed by atoms with Crippen LogP contribution in [0.4, 0.5) is 10.6 Å². The predicted molar refractivity (Wildman–Crippen MR) is 142 cm³/mol. The molecule has 0 aliphatic rings. The first-order chi connectivity index (χ1) is 18.5. The number of aryl methyl sites for hydroxylation is 1. The lowest BCUT2D eigenvalue weighted by Gasteiger charge is -2.25. The highest BCUT2D eigenvalue weighted by atomic mass is 32.1. The first-order valence-electron chi connectivity index (χ1n) is 11.8. The van der Waals surface area contributed by atoms with Crippen molar-refractivity contribution in [3.05, 3.63) is 101 Å². The summed E-state index contributed by atoms with van der Waals surface area (Å²) >= 11 is 1.32. The Morgan fingerprint density at radius 3 is 2.55 bits per heavy atom. The van der Waals surface area contributed by atoms with Crippen molar-refractivity contribution in [2.75, 3.05) is 18.0 Å². The first kappa shape index (κ1) is 24.9. The van der Waals surface area contributed by atoms with Gasteiger partial charge in [-0.15, -0.1) is 26.6 Å². The summed E-state index contributed by atoms with van der Waals surface area (Å²) in [6.45, 7) is 2.19. The van der Waals surface area contributed by atoms with E-state index in [0.29, 0.717) is 22.5 Å². The maximum Gasteiger partial charge on any atom is 0.407 e. The Bertz CT molecular complexity index is 1530. The van der Waals surface area contributed by atoms with E-state index in [-0.39, 0.29) is 25.5 Å². The standard InChI is InChI=1S/C27H24N6O4S/c1-19-28-29-25(37-19)21-9-5-10-22(17-21)33-13-12-24(30-33)32(26(34)23-11-6-16-38-23)15-14-31(27(35)36)18-20-7-3-2-4-8-20/h2-13,16-17H,14-15,18H2,1H3,(H,35,36). The quantitative estimate of drug-likeness (QED) is 0.282. The summed E-state index contributed by atoms with van der Waals surface area (Å²) in [7, 11) is 0. The van der Waals surface area contributed by atoms with E-state index in [4.69, 9.17) is 4.42 Å². The van der Waals surface area contributed by atoms with Crippen LogP contribution in [0.3, 0.4) is 0 Å². The number of hydrogen-bond donors (Lipinski definition) is 1. The molecule has 0 unspecified atom stereocenters. The lowest BCUT2D eigenvalue weighted by Crippen LogP contribution is -2.40. The Balaban J connectivity index is 1.40. The Morgan fingerprint density at radius 2 is 1.84 bits per heavy atom. The Labute approximate surface area is 222 Å². The number of carboxylic acid groups (broad SMARTS) is 1. The van der Waals surface area contributed by atoms with Gasteiger partial charge < -0.3 is 14.4 Å². The minimum absolute atomic E-state index is 0.111. The van der Waals surface area contributed by atoms with E-state index in [1.165, 1.54) is 21.1 Å². The Morgan fingerprint density at radius 1 is 1.00 bits per heavy atom. The molecular weight excluding hydrogens is 504 g/mol. The van der Waals surface area contributed by atoms with Crippen molar-refractivity contribution in [1.29, 1.82) is 0 Å². The number of amides is 2. The van der Waals surface area contributed by atoms with Crippen molar-refractivity contribution < 1.29 is 19.1 Å². The van der Waals surface area contributed by atoms with Crippen LogP contribution in [-0.2, 0) is 6.54 Å². The van der Waals surface area contributed by atoms with Crippen LogP contribution in [0.5, 0.6) is 0 Å². The minimum atomic E-state index is -1.06. The van der Waals surface area contributed by atoms with Crippen LogP contribution in [0, 0.1) is 6.92 Å². The fraction of sp³-hybridized carbons (Fsp3) is 0.148. The zero-order chi connectivity index (χ0) is 26.5. The summed E-state index contributed by atoms with van der Waals surface area (Å²) < 4.78 is 7.19. The predicted octanol–water partition coefficient (Wildman–Crippen LogP) is 5.12. The summed E-state index contributed by atoms with van der Waals surface area (Å²) in [5, 5.41) is 24.2. The molecule has 0 radical (unpaired) electrons.